The lowest BCUT2D eigenvalue weighted by atomic mass is 9.90. The van der Waals surface area contributed by atoms with Crippen LogP contribution >= 0.6 is 11.6 Å². The van der Waals surface area contributed by atoms with E-state index in [2.05, 4.69) is 10.2 Å². The van der Waals surface area contributed by atoms with Crippen molar-refractivity contribution in [2.45, 2.75) is 50.3 Å². The van der Waals surface area contributed by atoms with Gasteiger partial charge in [0.25, 0.3) is 0 Å². The number of aryl methyl sites for hydroxylation is 1. The Kier molecular flexibility index (Phi) is 6.41. The second kappa shape index (κ2) is 8.60. The largest absolute Gasteiger partial charge is 0.394 e. The van der Waals surface area contributed by atoms with Gasteiger partial charge in [0.1, 0.15) is 30.5 Å². The van der Waals surface area contributed by atoms with Crippen LogP contribution in [0, 0.1) is 0 Å². The molecule has 1 aliphatic heterocycles. The first-order chi connectivity index (χ1) is 12.9. The summed E-state index contributed by atoms with van der Waals surface area (Å²) in [5, 5.41) is 48.5. The molecular formula is C19H23ClN2O5. The summed E-state index contributed by atoms with van der Waals surface area (Å²) in [5.41, 5.74) is 3.01. The van der Waals surface area contributed by atoms with E-state index in [1.165, 1.54) is 0 Å². The average Bonchev–Trinajstić information content (AvgIpc) is 2.69. The molecule has 0 bridgehead atoms. The zero-order valence-electron chi connectivity index (χ0n) is 14.9. The van der Waals surface area contributed by atoms with E-state index in [-0.39, 0.29) is 0 Å². The molecule has 1 saturated heterocycles. The first-order valence-corrected chi connectivity index (χ1v) is 9.22. The van der Waals surface area contributed by atoms with Crippen molar-refractivity contribution in [1.29, 1.82) is 0 Å². The molecule has 0 aliphatic carbocycles. The fourth-order valence-electron chi connectivity index (χ4n) is 3.15. The highest BCUT2D eigenvalue weighted by Gasteiger charge is 2.44. The number of hydrogen-bond donors (Lipinski definition) is 4. The lowest BCUT2D eigenvalue weighted by Crippen LogP contribution is -2.55. The monoisotopic (exact) mass is 394 g/mol. The predicted molar refractivity (Wildman–Crippen MR) is 98.4 cm³/mol. The van der Waals surface area contributed by atoms with E-state index in [0.29, 0.717) is 17.0 Å². The highest BCUT2D eigenvalue weighted by Crippen LogP contribution is 2.34. The quantitative estimate of drug-likeness (QED) is 0.592. The predicted octanol–water partition coefficient (Wildman–Crippen LogP) is 0.798. The zero-order chi connectivity index (χ0) is 19.6. The minimum Gasteiger partial charge on any atom is -0.394 e. The number of halogens is 1. The molecular weight excluding hydrogens is 372 g/mol. The lowest BCUT2D eigenvalue weighted by Gasteiger charge is -2.40. The van der Waals surface area contributed by atoms with Gasteiger partial charge in [0, 0.05) is 11.4 Å². The van der Waals surface area contributed by atoms with Crippen LogP contribution in [0.5, 0.6) is 0 Å². The molecule has 5 atom stereocenters. The van der Waals surface area contributed by atoms with Crippen LogP contribution in [0.15, 0.2) is 30.3 Å². The number of rotatable bonds is 5. The summed E-state index contributed by atoms with van der Waals surface area (Å²) in [6, 6.07) is 8.94. The van der Waals surface area contributed by atoms with E-state index in [9.17, 15) is 20.4 Å². The standard InChI is InChI=1S/C19H23ClN2O5/c1-2-12-4-5-13(22-21-12)8-11-7-10(3-6-14(11)20)19-18(26)17(25)16(24)15(9-23)27-19/h3-7,15-19,23-26H,2,8-9H2,1H3/t15?,16-,17+,18-,19+/m1/s1. The number of aliphatic hydroxyl groups is 4. The maximum Gasteiger partial charge on any atom is 0.113 e. The van der Waals surface area contributed by atoms with Crippen molar-refractivity contribution in [2.24, 2.45) is 0 Å². The average molecular weight is 395 g/mol. The molecule has 27 heavy (non-hydrogen) atoms. The molecule has 0 spiro atoms. The first-order valence-electron chi connectivity index (χ1n) is 8.85. The Morgan fingerprint density at radius 1 is 1.00 bits per heavy atom. The van der Waals surface area contributed by atoms with Crippen molar-refractivity contribution in [3.63, 3.8) is 0 Å². The van der Waals surface area contributed by atoms with Gasteiger partial charge < -0.3 is 25.2 Å². The van der Waals surface area contributed by atoms with Crippen LogP contribution in [0.25, 0.3) is 0 Å². The number of aliphatic hydroxyl groups excluding tert-OH is 4. The van der Waals surface area contributed by atoms with Crippen molar-refractivity contribution < 1.29 is 25.2 Å². The fourth-order valence-corrected chi connectivity index (χ4v) is 3.33. The van der Waals surface area contributed by atoms with Crippen LogP contribution < -0.4 is 0 Å². The van der Waals surface area contributed by atoms with Gasteiger partial charge >= 0.3 is 0 Å². The van der Waals surface area contributed by atoms with Gasteiger partial charge in [-0.05, 0) is 35.7 Å². The normalized spacial score (nSPS) is 28.3. The molecule has 4 N–H and O–H groups in total. The third-order valence-corrected chi connectivity index (χ3v) is 5.17. The summed E-state index contributed by atoms with van der Waals surface area (Å²) in [4.78, 5) is 0. The summed E-state index contributed by atoms with van der Waals surface area (Å²) < 4.78 is 5.61. The Balaban J connectivity index is 1.85. The van der Waals surface area contributed by atoms with Gasteiger partial charge in [-0.15, -0.1) is 0 Å². The molecule has 0 saturated carbocycles. The maximum absolute atomic E-state index is 10.3. The van der Waals surface area contributed by atoms with Crippen LogP contribution in [-0.4, -0.2) is 61.6 Å². The van der Waals surface area contributed by atoms with E-state index in [1.54, 1.807) is 18.2 Å². The van der Waals surface area contributed by atoms with E-state index in [4.69, 9.17) is 16.3 Å². The number of nitrogens with zero attached hydrogens (tertiary/aromatic N) is 2. The Labute approximate surface area is 162 Å². The molecule has 1 aromatic carbocycles. The Morgan fingerprint density at radius 3 is 2.33 bits per heavy atom. The first kappa shape index (κ1) is 20.1. The number of ether oxygens (including phenoxy) is 1. The summed E-state index contributed by atoms with van der Waals surface area (Å²) >= 11 is 6.31. The smallest absolute Gasteiger partial charge is 0.113 e. The summed E-state index contributed by atoms with van der Waals surface area (Å²) in [7, 11) is 0. The van der Waals surface area contributed by atoms with Crippen molar-refractivity contribution in [1.82, 2.24) is 10.2 Å². The van der Waals surface area contributed by atoms with Crippen molar-refractivity contribution in [3.05, 3.63) is 57.9 Å². The van der Waals surface area contributed by atoms with Gasteiger partial charge in [-0.3, -0.25) is 0 Å². The maximum atomic E-state index is 10.3. The lowest BCUT2D eigenvalue weighted by molar-refractivity contribution is -0.231. The molecule has 1 aromatic heterocycles. The molecule has 146 valence electrons. The summed E-state index contributed by atoms with van der Waals surface area (Å²) in [5.74, 6) is 0. The van der Waals surface area contributed by atoms with Gasteiger partial charge in [0.2, 0.25) is 0 Å². The van der Waals surface area contributed by atoms with E-state index >= 15 is 0 Å². The minimum atomic E-state index is -1.42. The van der Waals surface area contributed by atoms with E-state index in [1.807, 2.05) is 19.1 Å². The Hall–Kier alpha value is -1.61. The molecule has 1 fully saturated rings. The Bertz CT molecular complexity index is 771. The van der Waals surface area contributed by atoms with Crippen molar-refractivity contribution in [2.75, 3.05) is 6.61 Å². The minimum absolute atomic E-state index is 0.446. The van der Waals surface area contributed by atoms with Crippen LogP contribution in [-0.2, 0) is 17.6 Å². The van der Waals surface area contributed by atoms with Gasteiger partial charge in [-0.2, -0.15) is 10.2 Å². The van der Waals surface area contributed by atoms with Crippen molar-refractivity contribution in [3.8, 4) is 0 Å². The second-order valence-corrected chi connectivity index (χ2v) is 7.05. The molecule has 7 nitrogen and oxygen atoms in total. The van der Waals surface area contributed by atoms with Gasteiger partial charge in [-0.25, -0.2) is 0 Å². The van der Waals surface area contributed by atoms with Gasteiger partial charge in [0.05, 0.1) is 18.0 Å². The molecule has 3 rings (SSSR count). The van der Waals surface area contributed by atoms with E-state index < -0.39 is 37.1 Å². The van der Waals surface area contributed by atoms with Crippen LogP contribution in [0.4, 0.5) is 0 Å². The number of aromatic nitrogens is 2. The van der Waals surface area contributed by atoms with Crippen molar-refractivity contribution >= 4 is 11.6 Å². The fraction of sp³-hybridized carbons (Fsp3) is 0.474. The van der Waals surface area contributed by atoms with E-state index in [0.717, 1.165) is 23.4 Å². The molecule has 0 radical (unpaired) electrons. The third kappa shape index (κ3) is 4.29. The number of benzene rings is 1. The molecule has 1 aliphatic rings. The SMILES string of the molecule is CCc1ccc(Cc2cc([C@@H]3OC(CO)[C@@H](O)[C@H](O)[C@H]3O)ccc2Cl)nn1. The molecule has 0 amide bonds. The zero-order valence-corrected chi connectivity index (χ0v) is 15.6. The highest BCUT2D eigenvalue weighted by molar-refractivity contribution is 6.31. The van der Waals surface area contributed by atoms with Gasteiger partial charge in [0.15, 0.2) is 0 Å². The third-order valence-electron chi connectivity index (χ3n) is 4.80. The summed E-state index contributed by atoms with van der Waals surface area (Å²) in [6.07, 6.45) is -4.75. The van der Waals surface area contributed by atoms with Crippen LogP contribution in [0.2, 0.25) is 5.02 Å². The van der Waals surface area contributed by atoms with Crippen LogP contribution in [0.1, 0.15) is 35.5 Å². The molecule has 8 heteroatoms. The molecule has 2 heterocycles. The number of hydrogen-bond acceptors (Lipinski definition) is 7. The molecule has 1 unspecified atom stereocenters. The topological polar surface area (TPSA) is 116 Å². The Morgan fingerprint density at radius 2 is 1.70 bits per heavy atom. The summed E-state index contributed by atoms with van der Waals surface area (Å²) in [6.45, 7) is 1.53. The molecule has 2 aromatic rings. The van der Waals surface area contributed by atoms with Gasteiger partial charge in [-0.1, -0.05) is 30.7 Å². The second-order valence-electron chi connectivity index (χ2n) is 6.65. The highest BCUT2D eigenvalue weighted by atomic mass is 35.5. The van der Waals surface area contributed by atoms with Crippen LogP contribution in [0.3, 0.4) is 0 Å².